The first-order chi connectivity index (χ1) is 8.16. The van der Waals surface area contributed by atoms with Gasteiger partial charge in [0.05, 0.1) is 11.3 Å². The number of ether oxygens (including phenoxy) is 1. The molecule has 0 aliphatic heterocycles. The molecule has 0 amide bonds. The van der Waals surface area contributed by atoms with Crippen LogP contribution in [-0.4, -0.2) is 21.0 Å². The largest absolute Gasteiger partial charge is 0.478 e. The fraction of sp³-hybridized carbons (Fsp3) is 0.0833. The maximum atomic E-state index is 10.8. The lowest BCUT2D eigenvalue weighted by atomic mass is 10.2. The van der Waals surface area contributed by atoms with Gasteiger partial charge in [0.2, 0.25) is 5.88 Å². The predicted octanol–water partition coefficient (Wildman–Crippen LogP) is 2.28. The fourth-order valence-electron chi connectivity index (χ4n) is 1.30. The highest BCUT2D eigenvalue weighted by Crippen LogP contribution is 2.21. The van der Waals surface area contributed by atoms with E-state index in [1.165, 1.54) is 18.3 Å². The average molecular weight is 230 g/mol. The zero-order chi connectivity index (χ0) is 12.3. The number of aromatic nitrogens is 2. The molecular weight excluding hydrogens is 220 g/mol. The average Bonchev–Trinajstić information content (AvgIpc) is 2.32. The van der Waals surface area contributed by atoms with E-state index in [1.54, 1.807) is 25.3 Å². The molecule has 0 unspecified atom stereocenters. The quantitative estimate of drug-likeness (QED) is 0.875. The zero-order valence-electron chi connectivity index (χ0n) is 9.12. The monoisotopic (exact) mass is 230 g/mol. The summed E-state index contributed by atoms with van der Waals surface area (Å²) in [6.45, 7) is 1.77. The van der Waals surface area contributed by atoms with Crippen molar-refractivity contribution >= 4 is 5.97 Å². The second-order valence-corrected chi connectivity index (χ2v) is 3.38. The maximum absolute atomic E-state index is 10.8. The predicted molar refractivity (Wildman–Crippen MR) is 60.2 cm³/mol. The number of aryl methyl sites for hydroxylation is 1. The van der Waals surface area contributed by atoms with E-state index in [9.17, 15) is 4.79 Å². The van der Waals surface area contributed by atoms with Crippen LogP contribution in [0.2, 0.25) is 0 Å². The van der Waals surface area contributed by atoms with Crippen LogP contribution in [0.3, 0.4) is 0 Å². The van der Waals surface area contributed by atoms with Gasteiger partial charge in [-0.3, -0.25) is 4.98 Å². The molecule has 5 nitrogen and oxygen atoms in total. The number of carboxylic acid groups (broad SMARTS) is 1. The third kappa shape index (κ3) is 2.57. The molecule has 2 aromatic rings. The Hall–Kier alpha value is -2.43. The molecule has 0 aliphatic rings. The third-order valence-corrected chi connectivity index (χ3v) is 2.13. The summed E-state index contributed by atoms with van der Waals surface area (Å²) >= 11 is 0. The van der Waals surface area contributed by atoms with Crippen molar-refractivity contribution in [2.24, 2.45) is 0 Å². The summed E-state index contributed by atoms with van der Waals surface area (Å²) in [7, 11) is 0. The maximum Gasteiger partial charge on any atom is 0.335 e. The lowest BCUT2D eigenvalue weighted by Crippen LogP contribution is -1.97. The SMILES string of the molecule is Cc1nccnc1Oc1cccc(C(=O)O)c1. The molecule has 1 N–H and O–H groups in total. The van der Waals surface area contributed by atoms with Crippen LogP contribution in [0.4, 0.5) is 0 Å². The molecule has 1 heterocycles. The lowest BCUT2D eigenvalue weighted by molar-refractivity contribution is 0.0696. The molecule has 0 fully saturated rings. The molecule has 1 aromatic carbocycles. The lowest BCUT2D eigenvalue weighted by Gasteiger charge is -2.06. The van der Waals surface area contributed by atoms with Crippen LogP contribution in [0.5, 0.6) is 11.6 Å². The summed E-state index contributed by atoms with van der Waals surface area (Å²) in [6, 6.07) is 6.22. The Bertz CT molecular complexity index is 555. The Labute approximate surface area is 97.7 Å². The fourth-order valence-corrected chi connectivity index (χ4v) is 1.30. The Kier molecular flexibility index (Phi) is 3.00. The van der Waals surface area contributed by atoms with Crippen LogP contribution < -0.4 is 4.74 Å². The van der Waals surface area contributed by atoms with E-state index < -0.39 is 5.97 Å². The van der Waals surface area contributed by atoms with Gasteiger partial charge in [0.1, 0.15) is 5.75 Å². The van der Waals surface area contributed by atoms with E-state index in [0.717, 1.165) is 0 Å². The molecule has 0 saturated carbocycles. The van der Waals surface area contributed by atoms with Crippen molar-refractivity contribution in [1.82, 2.24) is 9.97 Å². The summed E-state index contributed by atoms with van der Waals surface area (Å²) in [6.07, 6.45) is 3.08. The van der Waals surface area contributed by atoms with Crippen LogP contribution >= 0.6 is 0 Å². The first-order valence-electron chi connectivity index (χ1n) is 4.95. The number of carbonyl (C=O) groups is 1. The van der Waals surface area contributed by atoms with Gasteiger partial charge in [-0.05, 0) is 25.1 Å². The second kappa shape index (κ2) is 4.61. The summed E-state index contributed by atoms with van der Waals surface area (Å²) in [5.41, 5.74) is 0.817. The minimum Gasteiger partial charge on any atom is -0.478 e. The summed E-state index contributed by atoms with van der Waals surface area (Å²) < 4.78 is 5.46. The molecule has 2 rings (SSSR count). The van der Waals surface area contributed by atoms with Gasteiger partial charge in [0, 0.05) is 12.4 Å². The van der Waals surface area contributed by atoms with E-state index in [1.807, 2.05) is 0 Å². The Morgan fingerprint density at radius 2 is 2.06 bits per heavy atom. The van der Waals surface area contributed by atoms with Gasteiger partial charge in [-0.2, -0.15) is 0 Å². The van der Waals surface area contributed by atoms with Crippen molar-refractivity contribution in [3.63, 3.8) is 0 Å². The summed E-state index contributed by atoms with van der Waals surface area (Å²) in [5.74, 6) is -0.199. The molecule has 1 aromatic heterocycles. The first-order valence-corrected chi connectivity index (χ1v) is 4.95. The van der Waals surface area contributed by atoms with Crippen molar-refractivity contribution in [3.05, 3.63) is 47.9 Å². The van der Waals surface area contributed by atoms with Crippen molar-refractivity contribution < 1.29 is 14.6 Å². The molecule has 0 spiro atoms. The summed E-state index contributed by atoms with van der Waals surface area (Å²) in [5, 5.41) is 8.85. The Morgan fingerprint density at radius 1 is 1.29 bits per heavy atom. The minimum atomic E-state index is -0.994. The van der Waals surface area contributed by atoms with Crippen LogP contribution in [0.15, 0.2) is 36.7 Å². The molecule has 17 heavy (non-hydrogen) atoms. The number of hydrogen-bond acceptors (Lipinski definition) is 4. The van der Waals surface area contributed by atoms with Crippen molar-refractivity contribution in [1.29, 1.82) is 0 Å². The van der Waals surface area contributed by atoms with Crippen LogP contribution in [-0.2, 0) is 0 Å². The molecule has 0 radical (unpaired) electrons. The number of aromatic carboxylic acids is 1. The van der Waals surface area contributed by atoms with Crippen LogP contribution in [0, 0.1) is 6.92 Å². The van der Waals surface area contributed by atoms with Gasteiger partial charge in [-0.25, -0.2) is 9.78 Å². The highest BCUT2D eigenvalue weighted by atomic mass is 16.5. The van der Waals surface area contributed by atoms with Crippen LogP contribution in [0.1, 0.15) is 16.1 Å². The first kappa shape index (κ1) is 11.1. The standard InChI is InChI=1S/C12H10N2O3/c1-8-11(14-6-5-13-8)17-10-4-2-3-9(7-10)12(15)16/h2-7H,1H3,(H,15,16). The van der Waals surface area contributed by atoms with E-state index in [0.29, 0.717) is 17.3 Å². The molecular formula is C12H10N2O3. The van der Waals surface area contributed by atoms with Crippen LogP contribution in [0.25, 0.3) is 0 Å². The highest BCUT2D eigenvalue weighted by molar-refractivity contribution is 5.88. The number of hydrogen-bond donors (Lipinski definition) is 1. The summed E-state index contributed by atoms with van der Waals surface area (Å²) in [4.78, 5) is 18.8. The van der Waals surface area contributed by atoms with E-state index in [-0.39, 0.29) is 5.56 Å². The number of benzene rings is 1. The van der Waals surface area contributed by atoms with E-state index in [2.05, 4.69) is 9.97 Å². The van der Waals surface area contributed by atoms with Crippen molar-refractivity contribution in [2.75, 3.05) is 0 Å². The number of nitrogens with zero attached hydrogens (tertiary/aromatic N) is 2. The zero-order valence-corrected chi connectivity index (χ0v) is 9.12. The third-order valence-electron chi connectivity index (χ3n) is 2.13. The minimum absolute atomic E-state index is 0.170. The smallest absolute Gasteiger partial charge is 0.335 e. The van der Waals surface area contributed by atoms with Gasteiger partial charge in [0.25, 0.3) is 0 Å². The van der Waals surface area contributed by atoms with Crippen molar-refractivity contribution in [2.45, 2.75) is 6.92 Å². The van der Waals surface area contributed by atoms with Gasteiger partial charge < -0.3 is 9.84 Å². The van der Waals surface area contributed by atoms with Gasteiger partial charge >= 0.3 is 5.97 Å². The molecule has 0 aliphatic carbocycles. The van der Waals surface area contributed by atoms with Gasteiger partial charge in [-0.1, -0.05) is 6.07 Å². The molecule has 0 atom stereocenters. The van der Waals surface area contributed by atoms with Gasteiger partial charge in [-0.15, -0.1) is 0 Å². The topological polar surface area (TPSA) is 72.3 Å². The highest BCUT2D eigenvalue weighted by Gasteiger charge is 2.06. The number of rotatable bonds is 3. The van der Waals surface area contributed by atoms with E-state index in [4.69, 9.17) is 9.84 Å². The normalized spacial score (nSPS) is 9.94. The number of carboxylic acids is 1. The molecule has 5 heteroatoms. The molecule has 86 valence electrons. The Morgan fingerprint density at radius 3 is 2.76 bits per heavy atom. The molecule has 0 bridgehead atoms. The van der Waals surface area contributed by atoms with E-state index >= 15 is 0 Å². The van der Waals surface area contributed by atoms with Crippen molar-refractivity contribution in [3.8, 4) is 11.6 Å². The Balaban J connectivity index is 2.28. The second-order valence-electron chi connectivity index (χ2n) is 3.38. The molecule has 0 saturated heterocycles. The van der Waals surface area contributed by atoms with Gasteiger partial charge in [0.15, 0.2) is 0 Å².